The van der Waals surface area contributed by atoms with Crippen molar-refractivity contribution < 1.29 is 10.2 Å². The predicted octanol–water partition coefficient (Wildman–Crippen LogP) is 1.95. The molecule has 2 N–H and O–H groups in total. The van der Waals surface area contributed by atoms with Crippen LogP contribution in [-0.4, -0.2) is 22.4 Å². The van der Waals surface area contributed by atoms with Gasteiger partial charge in [-0.15, -0.1) is 0 Å². The molecule has 0 saturated heterocycles. The van der Waals surface area contributed by atoms with Gasteiger partial charge < -0.3 is 10.2 Å². The molecule has 0 aromatic heterocycles. The number of hydrogen-bond donors (Lipinski definition) is 2. The fourth-order valence-electron chi connectivity index (χ4n) is 2.29. The highest BCUT2D eigenvalue weighted by Crippen LogP contribution is 2.43. The summed E-state index contributed by atoms with van der Waals surface area (Å²) in [4.78, 5) is 0. The highest BCUT2D eigenvalue weighted by atomic mass is 16.3. The first kappa shape index (κ1) is 11.0. The summed E-state index contributed by atoms with van der Waals surface area (Å²) in [5, 5.41) is 19.6. The zero-order valence-corrected chi connectivity index (χ0v) is 9.01. The van der Waals surface area contributed by atoms with E-state index in [9.17, 15) is 10.2 Å². The Balaban J connectivity index is 2.74. The molecule has 2 unspecified atom stereocenters. The second kappa shape index (κ2) is 3.58. The molecule has 0 aliphatic heterocycles. The van der Waals surface area contributed by atoms with E-state index in [0.717, 1.165) is 19.3 Å². The summed E-state index contributed by atoms with van der Waals surface area (Å²) < 4.78 is 0. The third kappa shape index (κ3) is 2.05. The van der Waals surface area contributed by atoms with Crippen LogP contribution in [-0.2, 0) is 0 Å². The Morgan fingerprint density at radius 2 is 2.08 bits per heavy atom. The van der Waals surface area contributed by atoms with Crippen LogP contribution in [0.1, 0.15) is 46.5 Å². The van der Waals surface area contributed by atoms with Gasteiger partial charge in [0.2, 0.25) is 0 Å². The number of hydrogen-bond acceptors (Lipinski definition) is 2. The molecular formula is C11H22O2. The lowest BCUT2D eigenvalue weighted by Crippen LogP contribution is -2.49. The van der Waals surface area contributed by atoms with Crippen LogP contribution >= 0.6 is 0 Å². The molecule has 1 rings (SSSR count). The van der Waals surface area contributed by atoms with Crippen molar-refractivity contribution in [2.75, 3.05) is 6.61 Å². The van der Waals surface area contributed by atoms with Gasteiger partial charge in [0.1, 0.15) is 0 Å². The van der Waals surface area contributed by atoms with Crippen LogP contribution in [0.3, 0.4) is 0 Å². The molecular weight excluding hydrogens is 164 g/mol. The summed E-state index contributed by atoms with van der Waals surface area (Å²) in [5.41, 5.74) is -1.01. The zero-order valence-electron chi connectivity index (χ0n) is 9.01. The molecule has 2 nitrogen and oxygen atoms in total. The Morgan fingerprint density at radius 1 is 1.46 bits per heavy atom. The van der Waals surface area contributed by atoms with E-state index in [0.29, 0.717) is 5.92 Å². The highest BCUT2D eigenvalue weighted by molar-refractivity contribution is 4.96. The largest absolute Gasteiger partial charge is 0.396 e. The monoisotopic (exact) mass is 186 g/mol. The van der Waals surface area contributed by atoms with Crippen LogP contribution in [0.25, 0.3) is 0 Å². The van der Waals surface area contributed by atoms with Crippen LogP contribution in [0.5, 0.6) is 0 Å². The van der Waals surface area contributed by atoms with Gasteiger partial charge in [-0.25, -0.2) is 0 Å². The second-order valence-corrected chi connectivity index (χ2v) is 5.28. The van der Waals surface area contributed by atoms with Crippen molar-refractivity contribution in [3.05, 3.63) is 0 Å². The van der Waals surface area contributed by atoms with E-state index in [1.54, 1.807) is 0 Å². The van der Waals surface area contributed by atoms with Gasteiger partial charge >= 0.3 is 0 Å². The molecule has 0 heterocycles. The minimum absolute atomic E-state index is 0.0657. The van der Waals surface area contributed by atoms with Crippen molar-refractivity contribution in [1.29, 1.82) is 0 Å². The minimum Gasteiger partial charge on any atom is -0.396 e. The summed E-state index contributed by atoms with van der Waals surface area (Å²) in [6, 6.07) is 0. The molecule has 2 atom stereocenters. The van der Waals surface area contributed by atoms with Crippen molar-refractivity contribution in [1.82, 2.24) is 0 Å². The second-order valence-electron chi connectivity index (χ2n) is 5.28. The first-order valence-corrected chi connectivity index (χ1v) is 5.24. The van der Waals surface area contributed by atoms with Gasteiger partial charge in [0.05, 0.1) is 12.2 Å². The lowest BCUT2D eigenvalue weighted by atomic mass is 9.65. The Hall–Kier alpha value is -0.0800. The lowest BCUT2D eigenvalue weighted by Gasteiger charge is -2.46. The molecule has 0 radical (unpaired) electrons. The van der Waals surface area contributed by atoms with Crippen molar-refractivity contribution in [2.45, 2.75) is 52.1 Å². The Kier molecular flexibility index (Phi) is 3.03. The third-order valence-corrected chi connectivity index (χ3v) is 3.63. The molecule has 13 heavy (non-hydrogen) atoms. The molecule has 0 aromatic rings. The zero-order chi connectivity index (χ0) is 10.1. The van der Waals surface area contributed by atoms with Crippen LogP contribution in [0.15, 0.2) is 0 Å². The molecule has 0 aromatic carbocycles. The quantitative estimate of drug-likeness (QED) is 0.692. The summed E-state index contributed by atoms with van der Waals surface area (Å²) in [5.74, 6) is 0.588. The lowest BCUT2D eigenvalue weighted by molar-refractivity contribution is -0.122. The van der Waals surface area contributed by atoms with Gasteiger partial charge in [-0.05, 0) is 18.8 Å². The number of aliphatic hydroxyl groups excluding tert-OH is 1. The van der Waals surface area contributed by atoms with E-state index in [4.69, 9.17) is 0 Å². The molecule has 1 fully saturated rings. The fourth-order valence-corrected chi connectivity index (χ4v) is 2.29. The van der Waals surface area contributed by atoms with E-state index in [1.165, 1.54) is 6.42 Å². The Labute approximate surface area is 81.0 Å². The average molecular weight is 186 g/mol. The molecule has 2 heteroatoms. The Bertz CT molecular complexity index is 177. The molecule has 1 saturated carbocycles. The molecule has 0 bridgehead atoms. The summed E-state index contributed by atoms with van der Waals surface area (Å²) >= 11 is 0. The van der Waals surface area contributed by atoms with E-state index < -0.39 is 5.60 Å². The van der Waals surface area contributed by atoms with Gasteiger partial charge in [-0.1, -0.05) is 33.6 Å². The maximum atomic E-state index is 10.4. The topological polar surface area (TPSA) is 40.5 Å². The normalized spacial score (nSPS) is 36.2. The first-order valence-electron chi connectivity index (χ1n) is 5.24. The van der Waals surface area contributed by atoms with Gasteiger partial charge in [0, 0.05) is 5.41 Å². The predicted molar refractivity (Wildman–Crippen MR) is 53.4 cm³/mol. The molecule has 1 aliphatic carbocycles. The third-order valence-electron chi connectivity index (χ3n) is 3.63. The highest BCUT2D eigenvalue weighted by Gasteiger charge is 2.45. The SMILES string of the molecule is CC1CCCC(O)(C(C)(C)CO)C1. The standard InChI is InChI=1S/C11H22O2/c1-9-5-4-6-11(13,7-9)10(2,3)8-12/h9,12-13H,4-8H2,1-3H3. The van der Waals surface area contributed by atoms with E-state index in [2.05, 4.69) is 6.92 Å². The smallest absolute Gasteiger partial charge is 0.0722 e. The Morgan fingerprint density at radius 3 is 2.54 bits per heavy atom. The molecule has 0 amide bonds. The van der Waals surface area contributed by atoms with Crippen LogP contribution in [0, 0.1) is 11.3 Å². The van der Waals surface area contributed by atoms with E-state index in [1.807, 2.05) is 13.8 Å². The number of aliphatic hydroxyl groups is 2. The van der Waals surface area contributed by atoms with Crippen LogP contribution in [0.2, 0.25) is 0 Å². The molecule has 0 spiro atoms. The van der Waals surface area contributed by atoms with Gasteiger partial charge in [-0.2, -0.15) is 0 Å². The number of rotatable bonds is 2. The molecule has 1 aliphatic rings. The van der Waals surface area contributed by atoms with E-state index in [-0.39, 0.29) is 12.0 Å². The van der Waals surface area contributed by atoms with Crippen molar-refractivity contribution in [3.8, 4) is 0 Å². The molecule has 78 valence electrons. The maximum Gasteiger partial charge on any atom is 0.0722 e. The van der Waals surface area contributed by atoms with Gasteiger partial charge in [-0.3, -0.25) is 0 Å². The van der Waals surface area contributed by atoms with Crippen molar-refractivity contribution in [3.63, 3.8) is 0 Å². The van der Waals surface area contributed by atoms with Crippen LogP contribution < -0.4 is 0 Å². The first-order chi connectivity index (χ1) is 5.91. The minimum atomic E-state index is -0.653. The van der Waals surface area contributed by atoms with Crippen LogP contribution in [0.4, 0.5) is 0 Å². The summed E-state index contributed by atoms with van der Waals surface area (Å²) in [6.45, 7) is 6.14. The van der Waals surface area contributed by atoms with Gasteiger partial charge in [0.15, 0.2) is 0 Å². The maximum absolute atomic E-state index is 10.4. The summed E-state index contributed by atoms with van der Waals surface area (Å²) in [6.07, 6.45) is 3.97. The van der Waals surface area contributed by atoms with Crippen molar-refractivity contribution in [2.24, 2.45) is 11.3 Å². The van der Waals surface area contributed by atoms with Gasteiger partial charge in [0.25, 0.3) is 0 Å². The van der Waals surface area contributed by atoms with E-state index >= 15 is 0 Å². The fraction of sp³-hybridized carbons (Fsp3) is 1.00. The van der Waals surface area contributed by atoms with Crippen molar-refractivity contribution >= 4 is 0 Å². The average Bonchev–Trinajstić information content (AvgIpc) is 2.03. The summed E-state index contributed by atoms with van der Waals surface area (Å²) in [7, 11) is 0.